The third-order valence-electron chi connectivity index (χ3n) is 2.42. The Bertz CT molecular complexity index is 649. The van der Waals surface area contributed by atoms with Crippen molar-refractivity contribution >= 4 is 11.5 Å². The summed E-state index contributed by atoms with van der Waals surface area (Å²) in [4.78, 5) is 18.4. The van der Waals surface area contributed by atoms with Crippen molar-refractivity contribution < 1.29 is 14.4 Å². The quantitative estimate of drug-likeness (QED) is 0.467. The summed E-state index contributed by atoms with van der Waals surface area (Å²) in [6, 6.07) is 7.25. The van der Waals surface area contributed by atoms with Crippen molar-refractivity contribution in [1.82, 2.24) is 9.97 Å². The summed E-state index contributed by atoms with van der Waals surface area (Å²) in [7, 11) is 1.51. The molecule has 0 spiro atoms. The highest BCUT2D eigenvalue weighted by atomic mass is 16.6. The predicted octanol–water partition coefficient (Wildman–Crippen LogP) is 1.61. The van der Waals surface area contributed by atoms with Gasteiger partial charge < -0.3 is 14.9 Å². The number of rotatable bonds is 6. The molecule has 1 aromatic heterocycles. The minimum absolute atomic E-state index is 0.0733. The van der Waals surface area contributed by atoms with E-state index in [0.717, 1.165) is 0 Å². The summed E-state index contributed by atoms with van der Waals surface area (Å²) in [5, 5.41) is 10.7. The van der Waals surface area contributed by atoms with E-state index in [1.807, 2.05) is 0 Å². The average molecular weight is 291 g/mol. The van der Waals surface area contributed by atoms with Gasteiger partial charge in [-0.15, -0.1) is 0 Å². The Labute approximate surface area is 119 Å². The van der Waals surface area contributed by atoms with Crippen molar-refractivity contribution in [3.05, 3.63) is 46.3 Å². The van der Waals surface area contributed by atoms with E-state index in [1.54, 1.807) is 6.07 Å². The highest BCUT2D eigenvalue weighted by molar-refractivity contribution is 5.42. The highest BCUT2D eigenvalue weighted by Crippen LogP contribution is 2.25. The van der Waals surface area contributed by atoms with E-state index in [4.69, 9.17) is 15.3 Å². The second-order valence-electron chi connectivity index (χ2n) is 3.94. The molecule has 0 aliphatic carbocycles. The van der Waals surface area contributed by atoms with Gasteiger partial charge >= 0.3 is 0 Å². The summed E-state index contributed by atoms with van der Waals surface area (Å²) in [5.74, 6) is 6.51. The molecule has 2 rings (SSSR count). The van der Waals surface area contributed by atoms with Crippen LogP contribution in [0, 0.1) is 10.1 Å². The van der Waals surface area contributed by atoms with Crippen molar-refractivity contribution in [2.75, 3.05) is 12.5 Å². The van der Waals surface area contributed by atoms with Crippen LogP contribution in [0.5, 0.6) is 11.6 Å². The summed E-state index contributed by atoms with van der Waals surface area (Å²) >= 11 is 0. The van der Waals surface area contributed by atoms with Crippen molar-refractivity contribution in [3.63, 3.8) is 0 Å². The topological polar surface area (TPSA) is 125 Å². The normalized spacial score (nSPS) is 10.2. The first-order valence-electron chi connectivity index (χ1n) is 5.88. The molecule has 21 heavy (non-hydrogen) atoms. The zero-order valence-electron chi connectivity index (χ0n) is 11.1. The number of nitrogen functional groups attached to an aromatic ring is 1. The molecule has 3 N–H and O–H groups in total. The molecule has 0 aliphatic heterocycles. The van der Waals surface area contributed by atoms with E-state index < -0.39 is 4.92 Å². The molecule has 0 fully saturated rings. The maximum absolute atomic E-state index is 10.7. The first-order chi connectivity index (χ1) is 10.1. The molecule has 0 bridgehead atoms. The standard InChI is InChI=1S/C12H13N5O4/c1-20-7-11-14-10(16-13)6-12(15-11)21-9-4-2-3-8(5-9)17(18)19/h2-6H,7,13H2,1H3,(H,14,15,16). The molecule has 0 radical (unpaired) electrons. The van der Waals surface area contributed by atoms with Crippen molar-refractivity contribution in [2.24, 2.45) is 5.84 Å². The molecule has 0 saturated heterocycles. The van der Waals surface area contributed by atoms with Crippen LogP contribution >= 0.6 is 0 Å². The zero-order valence-corrected chi connectivity index (χ0v) is 11.1. The lowest BCUT2D eigenvalue weighted by Gasteiger charge is -2.08. The maximum atomic E-state index is 10.7. The SMILES string of the molecule is COCc1nc(NN)cc(Oc2cccc([N+](=O)[O-])c2)n1. The van der Waals surface area contributed by atoms with Gasteiger partial charge in [-0.3, -0.25) is 10.1 Å². The fourth-order valence-corrected chi connectivity index (χ4v) is 1.57. The number of non-ortho nitro benzene ring substituents is 1. The van der Waals surface area contributed by atoms with Crippen LogP contribution in [-0.4, -0.2) is 22.0 Å². The van der Waals surface area contributed by atoms with Crippen LogP contribution in [0.1, 0.15) is 5.82 Å². The first-order valence-corrected chi connectivity index (χ1v) is 5.88. The van der Waals surface area contributed by atoms with Gasteiger partial charge in [0.25, 0.3) is 5.69 Å². The monoisotopic (exact) mass is 291 g/mol. The Morgan fingerprint density at radius 1 is 1.38 bits per heavy atom. The van der Waals surface area contributed by atoms with E-state index in [9.17, 15) is 10.1 Å². The number of hydrogen-bond donors (Lipinski definition) is 2. The first kappa shape index (κ1) is 14.6. The van der Waals surface area contributed by atoms with Crippen molar-refractivity contribution in [3.8, 4) is 11.6 Å². The lowest BCUT2D eigenvalue weighted by atomic mass is 10.3. The van der Waals surface area contributed by atoms with E-state index in [2.05, 4.69) is 15.4 Å². The summed E-state index contributed by atoms with van der Waals surface area (Å²) < 4.78 is 10.4. The number of nitrogens with two attached hydrogens (primary N) is 1. The Morgan fingerprint density at radius 3 is 2.86 bits per heavy atom. The van der Waals surface area contributed by atoms with Crippen molar-refractivity contribution in [2.45, 2.75) is 6.61 Å². The van der Waals surface area contributed by atoms with Gasteiger partial charge in [0.2, 0.25) is 5.88 Å². The number of anilines is 1. The molecule has 9 heteroatoms. The minimum Gasteiger partial charge on any atom is -0.439 e. The Kier molecular flexibility index (Phi) is 4.59. The highest BCUT2D eigenvalue weighted by Gasteiger charge is 2.10. The second kappa shape index (κ2) is 6.59. The third kappa shape index (κ3) is 3.84. The molecular formula is C12H13N5O4. The van der Waals surface area contributed by atoms with Crippen LogP contribution < -0.4 is 16.0 Å². The van der Waals surface area contributed by atoms with E-state index in [0.29, 0.717) is 11.6 Å². The van der Waals surface area contributed by atoms with Gasteiger partial charge in [0.1, 0.15) is 18.2 Å². The molecule has 1 aromatic carbocycles. The maximum Gasteiger partial charge on any atom is 0.273 e. The lowest BCUT2D eigenvalue weighted by Crippen LogP contribution is -2.11. The number of benzene rings is 1. The number of hydrogen-bond acceptors (Lipinski definition) is 8. The largest absolute Gasteiger partial charge is 0.439 e. The van der Waals surface area contributed by atoms with Gasteiger partial charge in [0, 0.05) is 19.2 Å². The summed E-state index contributed by atoms with van der Waals surface area (Å²) in [6.07, 6.45) is 0. The number of nitrogens with zero attached hydrogens (tertiary/aromatic N) is 3. The molecule has 0 saturated carbocycles. The molecular weight excluding hydrogens is 278 g/mol. The average Bonchev–Trinajstić information content (AvgIpc) is 2.47. The zero-order chi connectivity index (χ0) is 15.2. The van der Waals surface area contributed by atoms with Gasteiger partial charge in [-0.2, -0.15) is 4.98 Å². The smallest absolute Gasteiger partial charge is 0.273 e. The van der Waals surface area contributed by atoms with Crippen LogP contribution in [0.3, 0.4) is 0 Å². The Morgan fingerprint density at radius 2 is 2.19 bits per heavy atom. The number of methoxy groups -OCH3 is 1. The van der Waals surface area contributed by atoms with Gasteiger partial charge in [0.05, 0.1) is 11.0 Å². The van der Waals surface area contributed by atoms with Crippen LogP contribution in [0.4, 0.5) is 11.5 Å². The lowest BCUT2D eigenvalue weighted by molar-refractivity contribution is -0.384. The minimum atomic E-state index is -0.504. The van der Waals surface area contributed by atoms with Gasteiger partial charge in [-0.1, -0.05) is 6.07 Å². The number of nitrogens with one attached hydrogen (secondary N) is 1. The number of hydrazine groups is 1. The van der Waals surface area contributed by atoms with Crippen LogP contribution in [0.25, 0.3) is 0 Å². The summed E-state index contributed by atoms with van der Waals surface area (Å²) in [6.45, 7) is 0.181. The summed E-state index contributed by atoms with van der Waals surface area (Å²) in [5.41, 5.74) is 2.31. The Hall–Kier alpha value is -2.78. The number of ether oxygens (including phenoxy) is 2. The molecule has 0 atom stereocenters. The number of nitro groups is 1. The fourth-order valence-electron chi connectivity index (χ4n) is 1.57. The number of aromatic nitrogens is 2. The number of nitro benzene ring substituents is 1. The van der Waals surface area contributed by atoms with Crippen LogP contribution in [-0.2, 0) is 11.3 Å². The van der Waals surface area contributed by atoms with E-state index >= 15 is 0 Å². The second-order valence-corrected chi connectivity index (χ2v) is 3.94. The van der Waals surface area contributed by atoms with E-state index in [1.165, 1.54) is 31.4 Å². The molecule has 9 nitrogen and oxygen atoms in total. The predicted molar refractivity (Wildman–Crippen MR) is 73.7 cm³/mol. The van der Waals surface area contributed by atoms with Crippen LogP contribution in [0.2, 0.25) is 0 Å². The molecule has 0 unspecified atom stereocenters. The van der Waals surface area contributed by atoms with Crippen LogP contribution in [0.15, 0.2) is 30.3 Å². The van der Waals surface area contributed by atoms with Gasteiger partial charge in [-0.25, -0.2) is 10.8 Å². The third-order valence-corrected chi connectivity index (χ3v) is 2.42. The fraction of sp³-hybridized carbons (Fsp3) is 0.167. The molecule has 110 valence electrons. The molecule has 1 heterocycles. The Balaban J connectivity index is 2.27. The van der Waals surface area contributed by atoms with Gasteiger partial charge in [0.15, 0.2) is 5.82 Å². The van der Waals surface area contributed by atoms with Gasteiger partial charge in [-0.05, 0) is 6.07 Å². The van der Waals surface area contributed by atoms with E-state index in [-0.39, 0.29) is 23.9 Å². The van der Waals surface area contributed by atoms with Crippen molar-refractivity contribution in [1.29, 1.82) is 0 Å². The molecule has 0 aliphatic rings. The molecule has 0 amide bonds. The molecule has 2 aromatic rings.